The Balaban J connectivity index is 2.25. The van der Waals surface area contributed by atoms with E-state index in [1.807, 2.05) is 0 Å². The molecule has 0 saturated carbocycles. The average molecular weight is 225 g/mol. The van der Waals surface area contributed by atoms with E-state index in [4.69, 9.17) is 21.1 Å². The van der Waals surface area contributed by atoms with Crippen LogP contribution in [0.3, 0.4) is 0 Å². The van der Waals surface area contributed by atoms with E-state index in [1.165, 1.54) is 6.26 Å². The van der Waals surface area contributed by atoms with Crippen LogP contribution in [0.1, 0.15) is 5.69 Å². The van der Waals surface area contributed by atoms with Crippen molar-refractivity contribution in [3.8, 4) is 11.5 Å². The van der Waals surface area contributed by atoms with Crippen LogP contribution in [0.5, 0.6) is 0 Å². The molecule has 78 valence electrons. The summed E-state index contributed by atoms with van der Waals surface area (Å²) in [5, 5.41) is 9.16. The quantitative estimate of drug-likeness (QED) is 0.810. The van der Waals surface area contributed by atoms with Crippen molar-refractivity contribution >= 4 is 11.6 Å². The number of nitrogens with zero attached hydrogens (tertiary/aromatic N) is 2. The third-order valence-corrected chi connectivity index (χ3v) is 2.12. The van der Waals surface area contributed by atoms with Gasteiger partial charge in [0.05, 0.1) is 11.3 Å². The van der Waals surface area contributed by atoms with Gasteiger partial charge in [-0.15, -0.1) is 0 Å². The van der Waals surface area contributed by atoms with Crippen LogP contribution < -0.4 is 0 Å². The number of aliphatic hydroxyl groups is 1. The summed E-state index contributed by atoms with van der Waals surface area (Å²) in [6.45, 7) is 0.0604. The van der Waals surface area contributed by atoms with Crippen LogP contribution in [-0.4, -0.2) is 21.7 Å². The molecule has 0 aliphatic carbocycles. The normalized spacial score (nSPS) is 10.5. The first-order valence-corrected chi connectivity index (χ1v) is 4.84. The number of rotatable bonds is 3. The predicted octanol–water partition coefficient (Wildman–Crippen LogP) is 1.92. The van der Waals surface area contributed by atoms with E-state index in [-0.39, 0.29) is 6.61 Å². The maximum atomic E-state index is 8.72. The highest BCUT2D eigenvalue weighted by Gasteiger charge is 2.06. The standard InChI is InChI=1S/C10H9ClN2O2/c11-9-2-1-7(5-12-9)10-13-8(3-4-14)6-15-10/h1-2,5-6,14H,3-4H2. The molecule has 1 N–H and O–H groups in total. The smallest absolute Gasteiger partial charge is 0.227 e. The van der Waals surface area contributed by atoms with Crippen LogP contribution in [0.4, 0.5) is 0 Å². The summed E-state index contributed by atoms with van der Waals surface area (Å²) in [5.41, 5.74) is 1.49. The molecule has 0 aromatic carbocycles. The summed E-state index contributed by atoms with van der Waals surface area (Å²) in [5.74, 6) is 0.489. The van der Waals surface area contributed by atoms with Gasteiger partial charge in [-0.3, -0.25) is 0 Å². The molecule has 0 aliphatic rings. The number of halogens is 1. The zero-order chi connectivity index (χ0) is 10.7. The summed E-state index contributed by atoms with van der Waals surface area (Å²) in [6, 6.07) is 3.46. The van der Waals surface area contributed by atoms with Crippen molar-refractivity contribution in [2.75, 3.05) is 6.61 Å². The van der Waals surface area contributed by atoms with E-state index in [9.17, 15) is 0 Å². The minimum atomic E-state index is 0.0604. The maximum Gasteiger partial charge on any atom is 0.227 e. The number of aromatic nitrogens is 2. The van der Waals surface area contributed by atoms with Crippen LogP contribution in [0.25, 0.3) is 11.5 Å². The van der Waals surface area contributed by atoms with Gasteiger partial charge in [-0.1, -0.05) is 11.6 Å². The number of oxazole rings is 1. The van der Waals surface area contributed by atoms with Gasteiger partial charge in [-0.2, -0.15) is 0 Å². The Labute approximate surface area is 91.5 Å². The van der Waals surface area contributed by atoms with E-state index in [1.54, 1.807) is 18.3 Å². The summed E-state index contributed by atoms with van der Waals surface area (Å²) < 4.78 is 5.24. The van der Waals surface area contributed by atoms with Crippen molar-refractivity contribution in [2.24, 2.45) is 0 Å². The van der Waals surface area contributed by atoms with Crippen molar-refractivity contribution < 1.29 is 9.52 Å². The first-order chi connectivity index (χ1) is 7.29. The van der Waals surface area contributed by atoms with Gasteiger partial charge >= 0.3 is 0 Å². The Morgan fingerprint density at radius 2 is 2.27 bits per heavy atom. The van der Waals surface area contributed by atoms with Gasteiger partial charge in [0.1, 0.15) is 11.4 Å². The summed E-state index contributed by atoms with van der Waals surface area (Å²) in [6.07, 6.45) is 3.61. The lowest BCUT2D eigenvalue weighted by Crippen LogP contribution is -1.90. The second kappa shape index (κ2) is 4.42. The van der Waals surface area contributed by atoms with E-state index in [0.717, 1.165) is 11.3 Å². The van der Waals surface area contributed by atoms with Crippen molar-refractivity contribution in [2.45, 2.75) is 6.42 Å². The number of aliphatic hydroxyl groups excluding tert-OH is 1. The molecule has 0 aliphatic heterocycles. The van der Waals surface area contributed by atoms with Gasteiger partial charge in [0.2, 0.25) is 5.89 Å². The summed E-state index contributed by atoms with van der Waals surface area (Å²) in [4.78, 5) is 8.12. The Kier molecular flexibility index (Phi) is 2.99. The zero-order valence-corrected chi connectivity index (χ0v) is 8.61. The Morgan fingerprint density at radius 3 is 2.93 bits per heavy atom. The van der Waals surface area contributed by atoms with Gasteiger partial charge < -0.3 is 9.52 Å². The van der Waals surface area contributed by atoms with E-state index >= 15 is 0 Å². The molecule has 0 atom stereocenters. The van der Waals surface area contributed by atoms with Crippen molar-refractivity contribution in [1.29, 1.82) is 0 Å². The van der Waals surface area contributed by atoms with Crippen molar-refractivity contribution in [3.05, 3.63) is 35.4 Å². The first kappa shape index (κ1) is 10.1. The minimum absolute atomic E-state index is 0.0604. The van der Waals surface area contributed by atoms with Crippen molar-refractivity contribution in [3.63, 3.8) is 0 Å². The summed E-state index contributed by atoms with van der Waals surface area (Å²) >= 11 is 5.66. The Hall–Kier alpha value is -1.39. The van der Waals surface area contributed by atoms with Gasteiger partial charge in [0.25, 0.3) is 0 Å². The van der Waals surface area contributed by atoms with Crippen LogP contribution in [0.2, 0.25) is 5.15 Å². The fourth-order valence-corrected chi connectivity index (χ4v) is 1.28. The lowest BCUT2D eigenvalue weighted by molar-refractivity contribution is 0.298. The Morgan fingerprint density at radius 1 is 1.40 bits per heavy atom. The molecule has 4 nitrogen and oxygen atoms in total. The lowest BCUT2D eigenvalue weighted by atomic mass is 10.3. The van der Waals surface area contributed by atoms with Crippen LogP contribution in [-0.2, 0) is 6.42 Å². The van der Waals surface area contributed by atoms with Crippen LogP contribution in [0.15, 0.2) is 29.0 Å². The highest BCUT2D eigenvalue weighted by atomic mass is 35.5. The second-order valence-corrected chi connectivity index (χ2v) is 3.37. The molecule has 0 fully saturated rings. The third-order valence-electron chi connectivity index (χ3n) is 1.89. The van der Waals surface area contributed by atoms with Crippen LogP contribution >= 0.6 is 11.6 Å². The SMILES string of the molecule is OCCc1coc(-c2ccc(Cl)nc2)n1. The fourth-order valence-electron chi connectivity index (χ4n) is 1.17. The zero-order valence-electron chi connectivity index (χ0n) is 7.85. The molecule has 15 heavy (non-hydrogen) atoms. The molecule has 5 heteroatoms. The van der Waals surface area contributed by atoms with Crippen molar-refractivity contribution in [1.82, 2.24) is 9.97 Å². The predicted molar refractivity (Wildman–Crippen MR) is 55.5 cm³/mol. The minimum Gasteiger partial charge on any atom is -0.444 e. The summed E-state index contributed by atoms with van der Waals surface area (Å²) in [7, 11) is 0. The van der Waals surface area contributed by atoms with Gasteiger partial charge in [-0.25, -0.2) is 9.97 Å². The molecular formula is C10H9ClN2O2. The van der Waals surface area contributed by atoms with E-state index in [0.29, 0.717) is 17.5 Å². The highest BCUT2D eigenvalue weighted by Crippen LogP contribution is 2.18. The molecule has 0 saturated heterocycles. The highest BCUT2D eigenvalue weighted by molar-refractivity contribution is 6.29. The number of hydrogen-bond acceptors (Lipinski definition) is 4. The van der Waals surface area contributed by atoms with Gasteiger partial charge in [0.15, 0.2) is 0 Å². The molecule has 2 aromatic rings. The average Bonchev–Trinajstić information content (AvgIpc) is 2.68. The second-order valence-electron chi connectivity index (χ2n) is 2.99. The third kappa shape index (κ3) is 2.34. The van der Waals surface area contributed by atoms with E-state index < -0.39 is 0 Å². The number of hydrogen-bond donors (Lipinski definition) is 1. The molecule has 0 unspecified atom stereocenters. The Bertz CT molecular complexity index is 439. The number of pyridine rings is 1. The molecule has 0 radical (unpaired) electrons. The largest absolute Gasteiger partial charge is 0.444 e. The molecule has 2 aromatic heterocycles. The molecule has 0 spiro atoms. The fraction of sp³-hybridized carbons (Fsp3) is 0.200. The molecule has 0 bridgehead atoms. The van der Waals surface area contributed by atoms with Gasteiger partial charge in [-0.05, 0) is 12.1 Å². The lowest BCUT2D eigenvalue weighted by Gasteiger charge is -1.93. The van der Waals surface area contributed by atoms with E-state index in [2.05, 4.69) is 9.97 Å². The van der Waals surface area contributed by atoms with Crippen LogP contribution in [0, 0.1) is 0 Å². The topological polar surface area (TPSA) is 59.2 Å². The molecule has 0 amide bonds. The first-order valence-electron chi connectivity index (χ1n) is 4.47. The van der Waals surface area contributed by atoms with Gasteiger partial charge in [0, 0.05) is 19.2 Å². The monoisotopic (exact) mass is 224 g/mol. The molecule has 2 heterocycles. The molecular weight excluding hydrogens is 216 g/mol. The molecule has 2 rings (SSSR count). The maximum absolute atomic E-state index is 8.72.